The second-order valence-corrected chi connectivity index (χ2v) is 5.58. The maximum Gasteiger partial charge on any atom is 0.185 e. The van der Waals surface area contributed by atoms with Crippen molar-refractivity contribution in [1.29, 1.82) is 0 Å². The van der Waals surface area contributed by atoms with Crippen LogP contribution in [0.2, 0.25) is 0 Å². The number of rotatable bonds is 2. The summed E-state index contributed by atoms with van der Waals surface area (Å²) in [5.41, 5.74) is 3.87. The van der Waals surface area contributed by atoms with Crippen LogP contribution in [-0.2, 0) is 4.79 Å². The molecule has 0 saturated heterocycles. The van der Waals surface area contributed by atoms with Crippen LogP contribution in [0.15, 0.2) is 23.7 Å². The summed E-state index contributed by atoms with van der Waals surface area (Å²) >= 11 is 2.94. The Kier molecular flexibility index (Phi) is 4.18. The SMILES string of the molecule is CC(=O)SCCC#Cc1ccc2ncsc2c1. The molecule has 0 N–H and O–H groups in total. The molecule has 2 aromatic rings. The van der Waals surface area contributed by atoms with E-state index in [0.717, 1.165) is 28.0 Å². The van der Waals surface area contributed by atoms with Crippen LogP contribution >= 0.6 is 23.1 Å². The Hall–Kier alpha value is -1.31. The quantitative estimate of drug-likeness (QED) is 0.613. The predicted molar refractivity (Wildman–Crippen MR) is 74.3 cm³/mol. The van der Waals surface area contributed by atoms with Gasteiger partial charge in [-0.05, 0) is 18.2 Å². The number of benzene rings is 1. The molecule has 0 aliphatic rings. The summed E-state index contributed by atoms with van der Waals surface area (Å²) in [5, 5.41) is 0.151. The Morgan fingerprint density at radius 1 is 1.53 bits per heavy atom. The van der Waals surface area contributed by atoms with Crippen molar-refractivity contribution in [3.05, 3.63) is 29.3 Å². The summed E-state index contributed by atoms with van der Waals surface area (Å²) in [7, 11) is 0. The van der Waals surface area contributed by atoms with Crippen LogP contribution < -0.4 is 0 Å². The van der Waals surface area contributed by atoms with Crippen LogP contribution in [0.5, 0.6) is 0 Å². The van der Waals surface area contributed by atoms with Gasteiger partial charge in [0.05, 0.1) is 15.7 Å². The predicted octanol–water partition coefficient (Wildman–Crippen LogP) is 3.32. The average Bonchev–Trinajstić information content (AvgIpc) is 2.75. The molecule has 0 bridgehead atoms. The van der Waals surface area contributed by atoms with E-state index in [4.69, 9.17) is 0 Å². The Bertz CT molecular complexity index is 592. The number of nitrogens with zero attached hydrogens (tertiary/aromatic N) is 1. The van der Waals surface area contributed by atoms with Crippen molar-refractivity contribution in [1.82, 2.24) is 4.98 Å². The smallest absolute Gasteiger partial charge is 0.185 e. The number of hydrogen-bond donors (Lipinski definition) is 0. The summed E-state index contributed by atoms with van der Waals surface area (Å²) in [4.78, 5) is 14.9. The zero-order chi connectivity index (χ0) is 12.1. The van der Waals surface area contributed by atoms with Gasteiger partial charge >= 0.3 is 0 Å². The molecular formula is C13H11NOS2. The van der Waals surface area contributed by atoms with Gasteiger partial charge < -0.3 is 0 Å². The summed E-state index contributed by atoms with van der Waals surface area (Å²) in [6.07, 6.45) is 0.741. The fourth-order valence-electron chi connectivity index (χ4n) is 1.34. The zero-order valence-electron chi connectivity index (χ0n) is 9.40. The average molecular weight is 261 g/mol. The highest BCUT2D eigenvalue weighted by atomic mass is 32.2. The third-order valence-electron chi connectivity index (χ3n) is 2.10. The largest absolute Gasteiger partial charge is 0.288 e. The summed E-state index contributed by atoms with van der Waals surface area (Å²) in [5.74, 6) is 6.95. The van der Waals surface area contributed by atoms with Crippen LogP contribution in [0.4, 0.5) is 0 Å². The Morgan fingerprint density at radius 2 is 2.41 bits per heavy atom. The lowest BCUT2D eigenvalue weighted by molar-refractivity contribution is -0.109. The van der Waals surface area contributed by atoms with E-state index in [1.807, 2.05) is 17.6 Å². The maximum absolute atomic E-state index is 10.7. The van der Waals surface area contributed by atoms with Crippen molar-refractivity contribution in [3.8, 4) is 11.8 Å². The minimum atomic E-state index is 0.151. The summed E-state index contributed by atoms with van der Waals surface area (Å²) in [6, 6.07) is 6.02. The van der Waals surface area contributed by atoms with Crippen molar-refractivity contribution in [2.24, 2.45) is 0 Å². The van der Waals surface area contributed by atoms with E-state index in [2.05, 4.69) is 22.9 Å². The molecule has 0 unspecified atom stereocenters. The van der Waals surface area contributed by atoms with E-state index in [-0.39, 0.29) is 5.12 Å². The molecule has 1 heterocycles. The molecule has 1 aromatic heterocycles. The highest BCUT2D eigenvalue weighted by Crippen LogP contribution is 2.18. The van der Waals surface area contributed by atoms with Crippen LogP contribution in [-0.4, -0.2) is 15.9 Å². The van der Waals surface area contributed by atoms with E-state index in [9.17, 15) is 4.79 Å². The lowest BCUT2D eigenvalue weighted by atomic mass is 10.2. The van der Waals surface area contributed by atoms with Crippen molar-refractivity contribution in [3.63, 3.8) is 0 Å². The normalized spacial score (nSPS) is 9.94. The van der Waals surface area contributed by atoms with Gasteiger partial charge in [-0.3, -0.25) is 4.79 Å². The lowest BCUT2D eigenvalue weighted by Gasteiger charge is -1.91. The van der Waals surface area contributed by atoms with Gasteiger partial charge in [-0.1, -0.05) is 23.6 Å². The van der Waals surface area contributed by atoms with Gasteiger partial charge in [0.15, 0.2) is 5.12 Å². The van der Waals surface area contributed by atoms with Crippen LogP contribution in [0.3, 0.4) is 0 Å². The number of hydrogen-bond acceptors (Lipinski definition) is 4. The van der Waals surface area contributed by atoms with Gasteiger partial charge in [0, 0.05) is 24.7 Å². The molecule has 0 aliphatic heterocycles. The molecule has 0 spiro atoms. The van der Waals surface area contributed by atoms with Gasteiger partial charge in [0.25, 0.3) is 0 Å². The Balaban J connectivity index is 1.98. The first-order valence-corrected chi connectivity index (χ1v) is 7.08. The van der Waals surface area contributed by atoms with Crippen LogP contribution in [0.1, 0.15) is 18.9 Å². The Morgan fingerprint density at radius 3 is 3.24 bits per heavy atom. The summed E-state index contributed by atoms with van der Waals surface area (Å²) in [6.45, 7) is 1.58. The molecule has 0 amide bonds. The first-order chi connectivity index (χ1) is 8.25. The second-order valence-electron chi connectivity index (χ2n) is 3.43. The number of thioether (sulfide) groups is 1. The number of thiazole rings is 1. The van der Waals surface area contributed by atoms with E-state index < -0.39 is 0 Å². The molecule has 0 saturated carbocycles. The van der Waals surface area contributed by atoms with E-state index in [0.29, 0.717) is 0 Å². The third-order valence-corrected chi connectivity index (χ3v) is 3.70. The second kappa shape index (κ2) is 5.85. The fraction of sp³-hybridized carbons (Fsp3) is 0.231. The molecule has 4 heteroatoms. The molecule has 0 radical (unpaired) electrons. The van der Waals surface area contributed by atoms with Gasteiger partial charge in [-0.2, -0.15) is 0 Å². The minimum Gasteiger partial charge on any atom is -0.288 e. The van der Waals surface area contributed by atoms with Crippen molar-refractivity contribution < 1.29 is 4.79 Å². The zero-order valence-corrected chi connectivity index (χ0v) is 11.0. The molecule has 0 aliphatic carbocycles. The molecule has 86 valence electrons. The lowest BCUT2D eigenvalue weighted by Crippen LogP contribution is -1.84. The number of aromatic nitrogens is 1. The van der Waals surface area contributed by atoms with E-state index in [1.54, 1.807) is 18.3 Å². The van der Waals surface area contributed by atoms with Crippen LogP contribution in [0, 0.1) is 11.8 Å². The van der Waals surface area contributed by atoms with E-state index >= 15 is 0 Å². The molecule has 0 atom stereocenters. The topological polar surface area (TPSA) is 30.0 Å². The molecule has 2 rings (SSSR count). The van der Waals surface area contributed by atoms with Gasteiger partial charge in [-0.15, -0.1) is 11.3 Å². The van der Waals surface area contributed by atoms with Crippen LogP contribution in [0.25, 0.3) is 10.2 Å². The number of fused-ring (bicyclic) bond motifs is 1. The Labute approximate surface area is 108 Å². The standard InChI is InChI=1S/C13H11NOS2/c1-10(15)16-7-3-2-4-11-5-6-12-13(8-11)17-9-14-12/h5-6,8-9H,3,7H2,1H3. The van der Waals surface area contributed by atoms with Gasteiger partial charge in [0.2, 0.25) is 0 Å². The highest BCUT2D eigenvalue weighted by Gasteiger charge is 1.96. The van der Waals surface area contributed by atoms with Crippen molar-refractivity contribution in [2.75, 3.05) is 5.75 Å². The molecule has 17 heavy (non-hydrogen) atoms. The number of carbonyl (C=O) groups is 1. The fourth-order valence-corrected chi connectivity index (χ4v) is 2.55. The minimum absolute atomic E-state index is 0.151. The monoisotopic (exact) mass is 261 g/mol. The third kappa shape index (κ3) is 3.58. The molecule has 1 aromatic carbocycles. The van der Waals surface area contributed by atoms with Gasteiger partial charge in [0.1, 0.15) is 0 Å². The maximum atomic E-state index is 10.7. The highest BCUT2D eigenvalue weighted by molar-refractivity contribution is 8.13. The van der Waals surface area contributed by atoms with Gasteiger partial charge in [-0.25, -0.2) is 4.98 Å². The first-order valence-electron chi connectivity index (χ1n) is 5.21. The molecular weight excluding hydrogens is 250 g/mol. The first kappa shape index (κ1) is 12.2. The van der Waals surface area contributed by atoms with Crippen molar-refractivity contribution >= 4 is 38.4 Å². The summed E-state index contributed by atoms with van der Waals surface area (Å²) < 4.78 is 1.16. The van der Waals surface area contributed by atoms with Crippen molar-refractivity contribution in [2.45, 2.75) is 13.3 Å². The molecule has 0 fully saturated rings. The number of carbonyl (C=O) groups excluding carboxylic acids is 1. The van der Waals surface area contributed by atoms with E-state index in [1.165, 1.54) is 11.8 Å². The molecule has 2 nitrogen and oxygen atoms in total.